The number of amides is 1. The van der Waals surface area contributed by atoms with Gasteiger partial charge >= 0.3 is 5.76 Å². The Morgan fingerprint density at radius 2 is 1.96 bits per heavy atom. The Hall–Kier alpha value is -2.08. The molecule has 1 aromatic carbocycles. The van der Waals surface area contributed by atoms with Crippen molar-refractivity contribution >= 4 is 17.0 Å². The average molecular weight is 345 g/mol. The van der Waals surface area contributed by atoms with Crippen LogP contribution in [0.4, 0.5) is 0 Å². The molecule has 6 nitrogen and oxygen atoms in total. The Morgan fingerprint density at radius 3 is 2.72 bits per heavy atom. The predicted molar refractivity (Wildman–Crippen MR) is 97.5 cm³/mol. The summed E-state index contributed by atoms with van der Waals surface area (Å²) in [6.07, 6.45) is 2.23. The van der Waals surface area contributed by atoms with Crippen molar-refractivity contribution in [1.82, 2.24) is 14.8 Å². The highest BCUT2D eigenvalue weighted by Crippen LogP contribution is 2.20. The standard InChI is InChI=1S/C19H27N3O3/c1-14-10-15(2)12-21(11-14)9-5-8-20-18(23)13-22-16-6-3-4-7-17(16)25-19(22)24/h3-4,6-7,14-15H,5,8-13H2,1-2H3,(H,20,23). The van der Waals surface area contributed by atoms with E-state index in [1.165, 1.54) is 11.0 Å². The molecule has 136 valence electrons. The van der Waals surface area contributed by atoms with Crippen molar-refractivity contribution in [2.75, 3.05) is 26.2 Å². The molecule has 0 aliphatic carbocycles. The average Bonchev–Trinajstić information content (AvgIpc) is 2.87. The van der Waals surface area contributed by atoms with Gasteiger partial charge in [0.15, 0.2) is 5.58 Å². The SMILES string of the molecule is CC1CC(C)CN(CCCNC(=O)Cn2c(=O)oc3ccccc32)C1. The summed E-state index contributed by atoms with van der Waals surface area (Å²) in [5, 5.41) is 2.91. The van der Waals surface area contributed by atoms with Gasteiger partial charge in [-0.25, -0.2) is 4.79 Å². The molecule has 0 bridgehead atoms. The molecule has 0 saturated carbocycles. The van der Waals surface area contributed by atoms with Crippen LogP contribution in [0.2, 0.25) is 0 Å². The first-order chi connectivity index (χ1) is 12.0. The maximum absolute atomic E-state index is 12.1. The fourth-order valence-corrected chi connectivity index (χ4v) is 3.87. The van der Waals surface area contributed by atoms with Gasteiger partial charge in [-0.3, -0.25) is 9.36 Å². The van der Waals surface area contributed by atoms with Crippen molar-refractivity contribution in [2.45, 2.75) is 33.2 Å². The molecule has 1 aliphatic heterocycles. The van der Waals surface area contributed by atoms with Crippen LogP contribution in [-0.4, -0.2) is 41.6 Å². The molecule has 25 heavy (non-hydrogen) atoms. The molecule has 2 atom stereocenters. The third-order valence-electron chi connectivity index (χ3n) is 4.79. The van der Waals surface area contributed by atoms with Gasteiger partial charge in [0.05, 0.1) is 5.52 Å². The van der Waals surface area contributed by atoms with E-state index in [0.29, 0.717) is 17.6 Å². The van der Waals surface area contributed by atoms with Crippen LogP contribution in [0.3, 0.4) is 0 Å². The molecule has 1 saturated heterocycles. The number of piperidine rings is 1. The lowest BCUT2D eigenvalue weighted by atomic mass is 9.92. The predicted octanol–water partition coefficient (Wildman–Crippen LogP) is 2.08. The van der Waals surface area contributed by atoms with Crippen LogP contribution in [0.5, 0.6) is 0 Å². The quantitative estimate of drug-likeness (QED) is 0.814. The van der Waals surface area contributed by atoms with Gasteiger partial charge in [-0.2, -0.15) is 0 Å². The third kappa shape index (κ3) is 4.51. The largest absolute Gasteiger partial charge is 0.420 e. The highest BCUT2D eigenvalue weighted by atomic mass is 16.4. The van der Waals surface area contributed by atoms with Crippen molar-refractivity contribution in [3.63, 3.8) is 0 Å². The summed E-state index contributed by atoms with van der Waals surface area (Å²) >= 11 is 0. The molecular formula is C19H27N3O3. The van der Waals surface area contributed by atoms with E-state index >= 15 is 0 Å². The molecular weight excluding hydrogens is 318 g/mol. The number of para-hydroxylation sites is 2. The number of hydrogen-bond donors (Lipinski definition) is 1. The second kappa shape index (κ2) is 7.87. The lowest BCUT2D eigenvalue weighted by molar-refractivity contribution is -0.121. The minimum Gasteiger partial charge on any atom is -0.408 e. The number of nitrogens with one attached hydrogen (secondary N) is 1. The summed E-state index contributed by atoms with van der Waals surface area (Å²) in [5.41, 5.74) is 1.16. The molecule has 0 radical (unpaired) electrons. The zero-order chi connectivity index (χ0) is 17.8. The molecule has 1 amide bonds. The number of aromatic nitrogens is 1. The number of carbonyl (C=O) groups is 1. The summed E-state index contributed by atoms with van der Waals surface area (Å²) in [4.78, 5) is 26.5. The van der Waals surface area contributed by atoms with Gasteiger partial charge in [-0.1, -0.05) is 26.0 Å². The monoisotopic (exact) mass is 345 g/mol. The minimum atomic E-state index is -0.493. The fourth-order valence-electron chi connectivity index (χ4n) is 3.87. The number of likely N-dealkylation sites (tertiary alicyclic amines) is 1. The number of nitrogens with zero attached hydrogens (tertiary/aromatic N) is 2. The molecule has 2 aromatic rings. The van der Waals surface area contributed by atoms with Crippen molar-refractivity contribution in [2.24, 2.45) is 11.8 Å². The van der Waals surface area contributed by atoms with Crippen molar-refractivity contribution in [3.8, 4) is 0 Å². The zero-order valence-electron chi connectivity index (χ0n) is 15.0. The summed E-state index contributed by atoms with van der Waals surface area (Å²) in [7, 11) is 0. The molecule has 1 aromatic heterocycles. The minimum absolute atomic E-state index is 0.00632. The second-order valence-corrected chi connectivity index (χ2v) is 7.33. The second-order valence-electron chi connectivity index (χ2n) is 7.33. The Morgan fingerprint density at radius 1 is 1.24 bits per heavy atom. The first-order valence-corrected chi connectivity index (χ1v) is 9.10. The molecule has 1 fully saturated rings. The number of benzene rings is 1. The molecule has 3 rings (SSSR count). The molecule has 1 N–H and O–H groups in total. The van der Waals surface area contributed by atoms with E-state index < -0.39 is 5.76 Å². The van der Waals surface area contributed by atoms with Crippen LogP contribution in [0.15, 0.2) is 33.5 Å². The number of carbonyl (C=O) groups excluding carboxylic acids is 1. The van der Waals surface area contributed by atoms with Crippen LogP contribution in [0.1, 0.15) is 26.7 Å². The zero-order valence-corrected chi connectivity index (χ0v) is 15.0. The molecule has 6 heteroatoms. The van der Waals surface area contributed by atoms with Crippen molar-refractivity contribution < 1.29 is 9.21 Å². The van der Waals surface area contributed by atoms with Gasteiger partial charge in [0, 0.05) is 19.6 Å². The van der Waals surface area contributed by atoms with Crippen molar-refractivity contribution in [1.29, 1.82) is 0 Å². The van der Waals surface area contributed by atoms with E-state index in [1.54, 1.807) is 18.2 Å². The van der Waals surface area contributed by atoms with E-state index in [0.717, 1.165) is 37.9 Å². The molecule has 1 aliphatic rings. The van der Waals surface area contributed by atoms with Gasteiger partial charge in [0.1, 0.15) is 6.54 Å². The van der Waals surface area contributed by atoms with Crippen LogP contribution < -0.4 is 11.1 Å². The maximum Gasteiger partial charge on any atom is 0.420 e. The van der Waals surface area contributed by atoms with E-state index in [-0.39, 0.29) is 12.5 Å². The van der Waals surface area contributed by atoms with Gasteiger partial charge in [0.2, 0.25) is 5.91 Å². The van der Waals surface area contributed by atoms with Gasteiger partial charge < -0.3 is 14.6 Å². The lowest BCUT2D eigenvalue weighted by Crippen LogP contribution is -2.40. The van der Waals surface area contributed by atoms with Crippen LogP contribution >= 0.6 is 0 Å². The van der Waals surface area contributed by atoms with E-state index in [9.17, 15) is 9.59 Å². The van der Waals surface area contributed by atoms with Crippen LogP contribution in [0, 0.1) is 11.8 Å². The number of fused-ring (bicyclic) bond motifs is 1. The van der Waals surface area contributed by atoms with E-state index in [2.05, 4.69) is 24.1 Å². The Balaban J connectivity index is 1.45. The normalized spacial score (nSPS) is 21.5. The van der Waals surface area contributed by atoms with Gasteiger partial charge in [-0.05, 0) is 43.4 Å². The number of oxazole rings is 1. The van der Waals surface area contributed by atoms with E-state index in [1.807, 2.05) is 6.07 Å². The smallest absolute Gasteiger partial charge is 0.408 e. The fraction of sp³-hybridized carbons (Fsp3) is 0.579. The third-order valence-corrected chi connectivity index (χ3v) is 4.79. The first kappa shape index (κ1) is 17.7. The summed E-state index contributed by atoms with van der Waals surface area (Å²) in [5.74, 6) is 0.848. The maximum atomic E-state index is 12.1. The Labute approximate surface area is 147 Å². The summed E-state index contributed by atoms with van der Waals surface area (Å²) in [6, 6.07) is 7.14. The van der Waals surface area contributed by atoms with Crippen LogP contribution in [0.25, 0.3) is 11.1 Å². The summed E-state index contributed by atoms with van der Waals surface area (Å²) in [6.45, 7) is 8.53. The van der Waals surface area contributed by atoms with E-state index in [4.69, 9.17) is 4.42 Å². The first-order valence-electron chi connectivity index (χ1n) is 9.10. The summed E-state index contributed by atoms with van der Waals surface area (Å²) < 4.78 is 6.52. The lowest BCUT2D eigenvalue weighted by Gasteiger charge is -2.34. The van der Waals surface area contributed by atoms with Crippen LogP contribution in [-0.2, 0) is 11.3 Å². The van der Waals surface area contributed by atoms with Gasteiger partial charge in [-0.15, -0.1) is 0 Å². The molecule has 0 spiro atoms. The topological polar surface area (TPSA) is 67.5 Å². The molecule has 2 unspecified atom stereocenters. The Kier molecular flexibility index (Phi) is 5.58. The molecule has 2 heterocycles. The Bertz CT molecular complexity index is 770. The number of rotatable bonds is 6. The highest BCUT2D eigenvalue weighted by molar-refractivity contribution is 5.79. The number of hydrogen-bond acceptors (Lipinski definition) is 4. The van der Waals surface area contributed by atoms with Crippen molar-refractivity contribution in [3.05, 3.63) is 34.8 Å². The van der Waals surface area contributed by atoms with Gasteiger partial charge in [0.25, 0.3) is 0 Å². The highest BCUT2D eigenvalue weighted by Gasteiger charge is 2.21.